The molecule has 0 saturated heterocycles. The second-order valence-electron chi connectivity index (χ2n) is 2.13. The molecule has 0 amide bonds. The lowest BCUT2D eigenvalue weighted by Crippen LogP contribution is -2.21. The molecule has 0 unspecified atom stereocenters. The van der Waals surface area contributed by atoms with Crippen molar-refractivity contribution in [3.63, 3.8) is 0 Å². The van der Waals surface area contributed by atoms with Crippen LogP contribution in [0.15, 0.2) is 23.2 Å². The fourth-order valence-electron chi connectivity index (χ4n) is 0.711. The maximum Gasteiger partial charge on any atom is 0.191 e. The molecule has 0 aliphatic heterocycles. The van der Waals surface area contributed by atoms with Crippen LogP contribution in [0.2, 0.25) is 5.02 Å². The number of guanidine groups is 1. The second-order valence-corrected chi connectivity index (χ2v) is 2.54. The maximum absolute atomic E-state index is 12.5. The first-order valence-electron chi connectivity index (χ1n) is 3.14. The van der Waals surface area contributed by atoms with Crippen molar-refractivity contribution in [1.82, 2.24) is 0 Å². The van der Waals surface area contributed by atoms with Gasteiger partial charge in [-0.1, -0.05) is 11.6 Å². The molecule has 0 saturated carbocycles. The third-order valence-electron chi connectivity index (χ3n) is 1.16. The number of nitrogens with two attached hydrogens (primary N) is 2. The van der Waals surface area contributed by atoms with E-state index >= 15 is 0 Å². The number of nitrogens with zero attached hydrogens (tertiary/aromatic N) is 1. The minimum Gasteiger partial charge on any atom is -0.370 e. The fourth-order valence-corrected chi connectivity index (χ4v) is 0.921. The number of benzene rings is 1. The standard InChI is InChI=1S/C7H7ClFN3/c8-5-3-4(9)1-2-6(5)12-7(10)11/h1-3H,(H4,10,11,12). The van der Waals surface area contributed by atoms with Gasteiger partial charge in [-0.15, -0.1) is 0 Å². The van der Waals surface area contributed by atoms with Gasteiger partial charge in [0.05, 0.1) is 10.7 Å². The molecule has 1 rings (SSSR count). The van der Waals surface area contributed by atoms with Crippen LogP contribution in [0.4, 0.5) is 10.1 Å². The first-order chi connectivity index (χ1) is 5.59. The Balaban J connectivity index is 3.10. The zero-order valence-electron chi connectivity index (χ0n) is 6.09. The van der Waals surface area contributed by atoms with Gasteiger partial charge in [0.15, 0.2) is 5.96 Å². The molecule has 0 aromatic heterocycles. The average molecular weight is 188 g/mol. The molecule has 0 fully saturated rings. The van der Waals surface area contributed by atoms with Crippen LogP contribution in [0.3, 0.4) is 0 Å². The molecule has 0 atom stereocenters. The van der Waals surface area contributed by atoms with E-state index in [0.717, 1.165) is 6.07 Å². The van der Waals surface area contributed by atoms with Crippen molar-refractivity contribution in [1.29, 1.82) is 0 Å². The molecule has 0 aliphatic carbocycles. The van der Waals surface area contributed by atoms with Gasteiger partial charge < -0.3 is 11.5 Å². The van der Waals surface area contributed by atoms with Crippen molar-refractivity contribution in [2.24, 2.45) is 16.5 Å². The minimum absolute atomic E-state index is 0.108. The molecule has 4 N–H and O–H groups in total. The van der Waals surface area contributed by atoms with Crippen LogP contribution in [0.25, 0.3) is 0 Å². The molecule has 12 heavy (non-hydrogen) atoms. The average Bonchev–Trinajstić information content (AvgIpc) is 1.94. The van der Waals surface area contributed by atoms with E-state index in [2.05, 4.69) is 4.99 Å². The molecular formula is C7H7ClFN3. The highest BCUT2D eigenvalue weighted by Gasteiger charge is 1.99. The highest BCUT2D eigenvalue weighted by Crippen LogP contribution is 2.24. The van der Waals surface area contributed by atoms with Crippen molar-refractivity contribution in [3.8, 4) is 0 Å². The van der Waals surface area contributed by atoms with Crippen LogP contribution in [-0.2, 0) is 0 Å². The molecule has 0 radical (unpaired) electrons. The first kappa shape index (κ1) is 8.80. The Labute approximate surface area is 73.8 Å². The van der Waals surface area contributed by atoms with Crippen molar-refractivity contribution >= 4 is 23.2 Å². The molecule has 0 aliphatic rings. The van der Waals surface area contributed by atoms with E-state index in [-0.39, 0.29) is 11.0 Å². The summed E-state index contributed by atoms with van der Waals surface area (Å²) in [6.07, 6.45) is 0. The van der Waals surface area contributed by atoms with Gasteiger partial charge in [0.1, 0.15) is 5.82 Å². The van der Waals surface area contributed by atoms with Crippen molar-refractivity contribution < 1.29 is 4.39 Å². The summed E-state index contributed by atoms with van der Waals surface area (Å²) in [6.45, 7) is 0. The summed E-state index contributed by atoms with van der Waals surface area (Å²) in [6, 6.07) is 3.77. The Bertz CT molecular complexity index is 320. The zero-order valence-corrected chi connectivity index (χ0v) is 6.85. The van der Waals surface area contributed by atoms with E-state index in [1.807, 2.05) is 0 Å². The summed E-state index contributed by atoms with van der Waals surface area (Å²) < 4.78 is 12.5. The van der Waals surface area contributed by atoms with Gasteiger partial charge in [-0.05, 0) is 18.2 Å². The van der Waals surface area contributed by atoms with Gasteiger partial charge in [0, 0.05) is 0 Å². The van der Waals surface area contributed by atoms with Gasteiger partial charge in [-0.3, -0.25) is 0 Å². The quantitative estimate of drug-likeness (QED) is 0.516. The second kappa shape index (κ2) is 3.40. The normalized spacial score (nSPS) is 9.50. The Morgan fingerprint density at radius 2 is 2.08 bits per heavy atom. The van der Waals surface area contributed by atoms with E-state index in [4.69, 9.17) is 23.1 Å². The number of rotatable bonds is 1. The predicted molar refractivity (Wildman–Crippen MR) is 46.9 cm³/mol. The summed E-state index contributed by atoms with van der Waals surface area (Å²) >= 11 is 5.62. The molecule has 64 valence electrons. The summed E-state index contributed by atoms with van der Waals surface area (Å²) in [5.41, 5.74) is 10.6. The van der Waals surface area contributed by atoms with Crippen molar-refractivity contribution in [2.75, 3.05) is 0 Å². The largest absolute Gasteiger partial charge is 0.370 e. The smallest absolute Gasteiger partial charge is 0.191 e. The van der Waals surface area contributed by atoms with Crippen LogP contribution in [0.5, 0.6) is 0 Å². The number of halogens is 2. The van der Waals surface area contributed by atoms with Crippen LogP contribution < -0.4 is 11.5 Å². The monoisotopic (exact) mass is 187 g/mol. The number of hydrogen-bond donors (Lipinski definition) is 2. The van der Waals surface area contributed by atoms with E-state index in [9.17, 15) is 4.39 Å². The maximum atomic E-state index is 12.5. The Morgan fingerprint density at radius 3 is 2.58 bits per heavy atom. The van der Waals surface area contributed by atoms with Gasteiger partial charge in [-0.2, -0.15) is 0 Å². The van der Waals surface area contributed by atoms with E-state index in [1.165, 1.54) is 12.1 Å². The SMILES string of the molecule is NC(N)=Nc1ccc(F)cc1Cl. The summed E-state index contributed by atoms with van der Waals surface area (Å²) in [5, 5.41) is 0.184. The van der Waals surface area contributed by atoms with E-state index in [0.29, 0.717) is 5.69 Å². The fraction of sp³-hybridized carbons (Fsp3) is 0. The lowest BCUT2D eigenvalue weighted by atomic mass is 10.3. The van der Waals surface area contributed by atoms with Crippen LogP contribution >= 0.6 is 11.6 Å². The van der Waals surface area contributed by atoms with Gasteiger partial charge >= 0.3 is 0 Å². The highest BCUT2D eigenvalue weighted by molar-refractivity contribution is 6.33. The van der Waals surface area contributed by atoms with Gasteiger partial charge in [0.25, 0.3) is 0 Å². The molecule has 0 spiro atoms. The lowest BCUT2D eigenvalue weighted by molar-refractivity contribution is 0.628. The minimum atomic E-state index is -0.422. The summed E-state index contributed by atoms with van der Waals surface area (Å²) in [5.74, 6) is -0.530. The summed E-state index contributed by atoms with van der Waals surface area (Å²) in [4.78, 5) is 3.67. The molecule has 5 heteroatoms. The van der Waals surface area contributed by atoms with E-state index < -0.39 is 5.82 Å². The highest BCUT2D eigenvalue weighted by atomic mass is 35.5. The molecule has 3 nitrogen and oxygen atoms in total. The Morgan fingerprint density at radius 1 is 1.42 bits per heavy atom. The van der Waals surface area contributed by atoms with E-state index in [1.54, 1.807) is 0 Å². The predicted octanol–water partition coefficient (Wildman–Crippen LogP) is 1.38. The molecule has 0 heterocycles. The molecule has 1 aromatic rings. The number of hydrogen-bond acceptors (Lipinski definition) is 1. The van der Waals surface area contributed by atoms with Crippen LogP contribution in [-0.4, -0.2) is 5.96 Å². The van der Waals surface area contributed by atoms with Crippen LogP contribution in [0.1, 0.15) is 0 Å². The van der Waals surface area contributed by atoms with Crippen molar-refractivity contribution in [3.05, 3.63) is 29.0 Å². The Hall–Kier alpha value is -1.29. The topological polar surface area (TPSA) is 64.4 Å². The lowest BCUT2D eigenvalue weighted by Gasteiger charge is -1.97. The third kappa shape index (κ3) is 2.10. The van der Waals surface area contributed by atoms with Gasteiger partial charge in [0.2, 0.25) is 0 Å². The first-order valence-corrected chi connectivity index (χ1v) is 3.52. The zero-order chi connectivity index (χ0) is 9.14. The Kier molecular flexibility index (Phi) is 2.50. The molecule has 0 bridgehead atoms. The summed E-state index contributed by atoms with van der Waals surface area (Å²) in [7, 11) is 0. The molecular weight excluding hydrogens is 181 g/mol. The number of aliphatic imine (C=N–C) groups is 1. The van der Waals surface area contributed by atoms with Crippen molar-refractivity contribution in [2.45, 2.75) is 0 Å². The molecule has 1 aromatic carbocycles. The van der Waals surface area contributed by atoms with Crippen LogP contribution in [0, 0.1) is 5.82 Å². The van der Waals surface area contributed by atoms with Gasteiger partial charge in [-0.25, -0.2) is 9.38 Å². The third-order valence-corrected chi connectivity index (χ3v) is 1.46.